The van der Waals surface area contributed by atoms with E-state index in [2.05, 4.69) is 69.7 Å². The molecular weight excluding hydrogens is 372 g/mol. The summed E-state index contributed by atoms with van der Waals surface area (Å²) < 4.78 is 11.4. The van der Waals surface area contributed by atoms with E-state index in [0.717, 1.165) is 63.4 Å². The SMILES string of the molecule is CCC(C)(C)CCCOCCCOCCCN=Cc1cccc(C=NC(C)(C)C)c1. The smallest absolute Gasteiger partial charge is 0.0524 e. The molecule has 0 aliphatic heterocycles. The lowest BCUT2D eigenvalue weighted by atomic mass is 9.85. The highest BCUT2D eigenvalue weighted by Gasteiger charge is 2.13. The van der Waals surface area contributed by atoms with E-state index in [0.29, 0.717) is 5.41 Å². The van der Waals surface area contributed by atoms with Gasteiger partial charge in [-0.05, 0) is 69.1 Å². The number of nitrogens with zero attached hydrogens (tertiary/aromatic N) is 2. The van der Waals surface area contributed by atoms with Crippen LogP contribution in [0.2, 0.25) is 0 Å². The zero-order chi connectivity index (χ0) is 22.3. The van der Waals surface area contributed by atoms with E-state index in [1.807, 2.05) is 18.5 Å². The van der Waals surface area contributed by atoms with Crippen LogP contribution in [-0.2, 0) is 9.47 Å². The highest BCUT2D eigenvalue weighted by atomic mass is 16.5. The Morgan fingerprint density at radius 1 is 0.833 bits per heavy atom. The summed E-state index contributed by atoms with van der Waals surface area (Å²) in [5, 5.41) is 0. The Kier molecular flexibility index (Phi) is 12.8. The second kappa shape index (κ2) is 14.5. The molecule has 1 aromatic carbocycles. The molecule has 0 saturated heterocycles. The highest BCUT2D eigenvalue weighted by molar-refractivity contribution is 5.86. The molecule has 0 unspecified atom stereocenters. The van der Waals surface area contributed by atoms with Crippen molar-refractivity contribution in [2.75, 3.05) is 33.0 Å². The van der Waals surface area contributed by atoms with Crippen molar-refractivity contribution in [3.05, 3.63) is 35.4 Å². The molecule has 4 heteroatoms. The fraction of sp³-hybridized carbons (Fsp3) is 0.692. The summed E-state index contributed by atoms with van der Waals surface area (Å²) in [4.78, 5) is 9.06. The summed E-state index contributed by atoms with van der Waals surface area (Å²) in [5.41, 5.74) is 2.60. The van der Waals surface area contributed by atoms with Gasteiger partial charge in [0.1, 0.15) is 0 Å². The number of hydrogen-bond acceptors (Lipinski definition) is 4. The van der Waals surface area contributed by atoms with Crippen LogP contribution < -0.4 is 0 Å². The quantitative estimate of drug-likeness (QED) is 0.247. The Labute approximate surface area is 185 Å². The molecule has 0 N–H and O–H groups in total. The van der Waals surface area contributed by atoms with Gasteiger partial charge < -0.3 is 9.47 Å². The maximum atomic E-state index is 5.70. The van der Waals surface area contributed by atoms with E-state index >= 15 is 0 Å². The molecule has 0 fully saturated rings. The van der Waals surface area contributed by atoms with Crippen molar-refractivity contribution in [1.29, 1.82) is 0 Å². The lowest BCUT2D eigenvalue weighted by Crippen LogP contribution is -2.11. The maximum Gasteiger partial charge on any atom is 0.0524 e. The van der Waals surface area contributed by atoms with E-state index in [9.17, 15) is 0 Å². The van der Waals surface area contributed by atoms with Gasteiger partial charge in [-0.25, -0.2) is 0 Å². The van der Waals surface area contributed by atoms with Gasteiger partial charge >= 0.3 is 0 Å². The molecule has 0 spiro atoms. The topological polar surface area (TPSA) is 43.2 Å². The maximum absolute atomic E-state index is 5.70. The van der Waals surface area contributed by atoms with E-state index in [-0.39, 0.29) is 5.54 Å². The van der Waals surface area contributed by atoms with Crippen LogP contribution >= 0.6 is 0 Å². The van der Waals surface area contributed by atoms with Crippen LogP contribution in [0.1, 0.15) is 84.8 Å². The Hall–Kier alpha value is -1.52. The van der Waals surface area contributed by atoms with Gasteiger partial charge in [0.05, 0.1) is 5.54 Å². The zero-order valence-electron chi connectivity index (χ0n) is 20.2. The number of rotatable bonds is 15. The minimum absolute atomic E-state index is 0.0535. The van der Waals surface area contributed by atoms with Gasteiger partial charge in [-0.2, -0.15) is 0 Å². The summed E-state index contributed by atoms with van der Waals surface area (Å²) >= 11 is 0. The molecule has 0 aliphatic rings. The van der Waals surface area contributed by atoms with Crippen molar-refractivity contribution < 1.29 is 9.47 Å². The van der Waals surface area contributed by atoms with Crippen LogP contribution in [0.3, 0.4) is 0 Å². The molecular formula is C26H44N2O2. The molecule has 0 saturated carbocycles. The third-order valence-corrected chi connectivity index (χ3v) is 5.00. The average molecular weight is 417 g/mol. The minimum atomic E-state index is -0.0535. The molecule has 1 aromatic rings. The molecule has 1 rings (SSSR count). The van der Waals surface area contributed by atoms with Crippen molar-refractivity contribution in [2.45, 2.75) is 79.2 Å². The first-order valence-electron chi connectivity index (χ1n) is 11.5. The summed E-state index contributed by atoms with van der Waals surface area (Å²) in [6, 6.07) is 8.29. The Morgan fingerprint density at radius 2 is 1.43 bits per heavy atom. The van der Waals surface area contributed by atoms with Crippen LogP contribution in [-0.4, -0.2) is 50.9 Å². The van der Waals surface area contributed by atoms with E-state index in [1.165, 1.54) is 12.8 Å². The third-order valence-electron chi connectivity index (χ3n) is 5.00. The van der Waals surface area contributed by atoms with Crippen molar-refractivity contribution in [1.82, 2.24) is 0 Å². The molecule has 0 aromatic heterocycles. The van der Waals surface area contributed by atoms with Crippen LogP contribution in [0.4, 0.5) is 0 Å². The number of ether oxygens (including phenoxy) is 2. The lowest BCUT2D eigenvalue weighted by molar-refractivity contribution is 0.0774. The van der Waals surface area contributed by atoms with Gasteiger partial charge in [0.2, 0.25) is 0 Å². The normalized spacial score (nSPS) is 13.0. The minimum Gasteiger partial charge on any atom is -0.381 e. The summed E-state index contributed by atoms with van der Waals surface area (Å²) in [5.74, 6) is 0. The second-order valence-corrected chi connectivity index (χ2v) is 9.69. The van der Waals surface area contributed by atoms with Crippen LogP contribution in [0, 0.1) is 5.41 Å². The molecule has 30 heavy (non-hydrogen) atoms. The van der Waals surface area contributed by atoms with E-state index in [1.54, 1.807) is 0 Å². The summed E-state index contributed by atoms with van der Waals surface area (Å²) in [6.45, 7) is 17.1. The van der Waals surface area contributed by atoms with E-state index in [4.69, 9.17) is 9.47 Å². The lowest BCUT2D eigenvalue weighted by Gasteiger charge is -2.22. The van der Waals surface area contributed by atoms with Crippen molar-refractivity contribution in [3.63, 3.8) is 0 Å². The molecule has 170 valence electrons. The molecule has 0 atom stereocenters. The van der Waals surface area contributed by atoms with Crippen LogP contribution in [0.5, 0.6) is 0 Å². The zero-order valence-corrected chi connectivity index (χ0v) is 20.2. The van der Waals surface area contributed by atoms with Gasteiger partial charge in [0.25, 0.3) is 0 Å². The van der Waals surface area contributed by atoms with E-state index < -0.39 is 0 Å². The van der Waals surface area contributed by atoms with Gasteiger partial charge in [0, 0.05) is 45.4 Å². The fourth-order valence-electron chi connectivity index (χ4n) is 2.71. The van der Waals surface area contributed by atoms with Crippen LogP contribution in [0.25, 0.3) is 0 Å². The first kappa shape index (κ1) is 26.5. The Balaban J connectivity index is 2.05. The van der Waals surface area contributed by atoms with Crippen LogP contribution in [0.15, 0.2) is 34.3 Å². The first-order valence-corrected chi connectivity index (χ1v) is 11.5. The highest BCUT2D eigenvalue weighted by Crippen LogP contribution is 2.25. The summed E-state index contributed by atoms with van der Waals surface area (Å²) in [7, 11) is 0. The van der Waals surface area contributed by atoms with Crippen molar-refractivity contribution >= 4 is 12.4 Å². The molecule has 0 amide bonds. The largest absolute Gasteiger partial charge is 0.381 e. The predicted molar refractivity (Wildman–Crippen MR) is 130 cm³/mol. The molecule has 0 bridgehead atoms. The Morgan fingerprint density at radius 3 is 2.07 bits per heavy atom. The predicted octanol–water partition coefficient (Wildman–Crippen LogP) is 6.35. The van der Waals surface area contributed by atoms with Gasteiger partial charge in [-0.1, -0.05) is 45.4 Å². The Bertz CT molecular complexity index is 630. The summed E-state index contributed by atoms with van der Waals surface area (Å²) in [6.07, 6.45) is 9.37. The molecule has 0 aliphatic carbocycles. The number of hydrogen-bond donors (Lipinski definition) is 0. The molecule has 4 nitrogen and oxygen atoms in total. The molecule has 0 radical (unpaired) electrons. The fourth-order valence-corrected chi connectivity index (χ4v) is 2.71. The number of benzene rings is 1. The van der Waals surface area contributed by atoms with Crippen molar-refractivity contribution in [2.24, 2.45) is 15.4 Å². The second-order valence-electron chi connectivity index (χ2n) is 9.69. The van der Waals surface area contributed by atoms with Gasteiger partial charge in [-0.3, -0.25) is 9.98 Å². The van der Waals surface area contributed by atoms with Gasteiger partial charge in [0.15, 0.2) is 0 Å². The molecule has 0 heterocycles. The third kappa shape index (κ3) is 14.5. The average Bonchev–Trinajstić information content (AvgIpc) is 2.69. The van der Waals surface area contributed by atoms with Crippen molar-refractivity contribution in [3.8, 4) is 0 Å². The van der Waals surface area contributed by atoms with Gasteiger partial charge in [-0.15, -0.1) is 0 Å². The standard InChI is InChI=1S/C26H44N2O2/c1-7-26(5,6)14-9-16-29-18-11-19-30-17-10-15-27-21-23-12-8-13-24(20-23)22-28-25(2,3)4/h8,12-13,20-22H,7,9-11,14-19H2,1-6H3. The monoisotopic (exact) mass is 416 g/mol. The number of aliphatic imine (C=N–C) groups is 2. The first-order chi connectivity index (χ1) is 14.2.